The van der Waals surface area contributed by atoms with E-state index in [1.165, 1.54) is 5.39 Å². The number of aromatic nitrogens is 1. The first kappa shape index (κ1) is 9.60. The molecule has 3 heteroatoms. The molecule has 1 atom stereocenters. The molecule has 1 aliphatic heterocycles. The number of para-hydroxylation sites is 1. The highest BCUT2D eigenvalue weighted by Crippen LogP contribution is 2.16. The summed E-state index contributed by atoms with van der Waals surface area (Å²) >= 11 is 0. The van der Waals surface area contributed by atoms with Crippen molar-refractivity contribution < 1.29 is 4.74 Å². The lowest BCUT2D eigenvalue weighted by molar-refractivity contribution is 0.195. The maximum Gasteiger partial charge on any atom is 0.126 e. The Morgan fingerprint density at radius 1 is 1.19 bits per heavy atom. The second-order valence-corrected chi connectivity index (χ2v) is 4.09. The molecular weight excluding hydrogens is 200 g/mol. The first-order valence-electron chi connectivity index (χ1n) is 5.62. The lowest BCUT2D eigenvalue weighted by Crippen LogP contribution is -2.19. The van der Waals surface area contributed by atoms with E-state index in [1.807, 2.05) is 24.3 Å². The zero-order chi connectivity index (χ0) is 10.8. The maximum atomic E-state index is 5.33. The number of fused-ring (bicyclic) bond motifs is 1. The molecule has 1 aromatic heterocycles. The zero-order valence-corrected chi connectivity index (χ0v) is 9.02. The smallest absolute Gasteiger partial charge is 0.126 e. The fourth-order valence-electron chi connectivity index (χ4n) is 2.00. The Hall–Kier alpha value is -1.61. The maximum absolute atomic E-state index is 5.33. The normalized spacial score (nSPS) is 20.1. The van der Waals surface area contributed by atoms with E-state index < -0.39 is 0 Å². The van der Waals surface area contributed by atoms with Crippen LogP contribution >= 0.6 is 0 Å². The molecule has 1 saturated heterocycles. The van der Waals surface area contributed by atoms with Gasteiger partial charge in [0.05, 0.1) is 18.2 Å². The standard InChI is InChI=1S/C13H14N2O/c1-2-4-12-10(3-1)5-6-13(15-12)14-11-7-8-16-9-11/h1-6,11H,7-9H2,(H,14,15). The van der Waals surface area contributed by atoms with Gasteiger partial charge in [-0.1, -0.05) is 18.2 Å². The van der Waals surface area contributed by atoms with E-state index in [2.05, 4.69) is 22.4 Å². The molecule has 0 spiro atoms. The molecule has 3 nitrogen and oxygen atoms in total. The number of nitrogens with zero attached hydrogens (tertiary/aromatic N) is 1. The van der Waals surface area contributed by atoms with Gasteiger partial charge in [0, 0.05) is 12.0 Å². The average molecular weight is 214 g/mol. The van der Waals surface area contributed by atoms with Crippen LogP contribution in [-0.4, -0.2) is 24.2 Å². The highest BCUT2D eigenvalue weighted by molar-refractivity contribution is 5.80. The monoisotopic (exact) mass is 214 g/mol. The predicted molar refractivity (Wildman–Crippen MR) is 64.6 cm³/mol. The van der Waals surface area contributed by atoms with Gasteiger partial charge in [0.1, 0.15) is 5.82 Å². The molecular formula is C13H14N2O. The summed E-state index contributed by atoms with van der Waals surface area (Å²) in [7, 11) is 0. The third-order valence-corrected chi connectivity index (χ3v) is 2.88. The molecule has 0 radical (unpaired) electrons. The number of ether oxygens (including phenoxy) is 1. The number of anilines is 1. The van der Waals surface area contributed by atoms with Crippen LogP contribution in [0.25, 0.3) is 10.9 Å². The Morgan fingerprint density at radius 3 is 3.00 bits per heavy atom. The van der Waals surface area contributed by atoms with Gasteiger partial charge in [-0.05, 0) is 24.6 Å². The van der Waals surface area contributed by atoms with Gasteiger partial charge < -0.3 is 10.1 Å². The molecule has 2 aromatic rings. The summed E-state index contributed by atoms with van der Waals surface area (Å²) in [5.41, 5.74) is 1.03. The van der Waals surface area contributed by atoms with E-state index in [0.29, 0.717) is 6.04 Å². The highest BCUT2D eigenvalue weighted by Gasteiger charge is 2.15. The number of hydrogen-bond acceptors (Lipinski definition) is 3. The van der Waals surface area contributed by atoms with Crippen LogP contribution in [0.3, 0.4) is 0 Å². The van der Waals surface area contributed by atoms with Crippen molar-refractivity contribution in [1.82, 2.24) is 4.98 Å². The van der Waals surface area contributed by atoms with Gasteiger partial charge in [0.2, 0.25) is 0 Å². The summed E-state index contributed by atoms with van der Waals surface area (Å²) < 4.78 is 5.33. The second kappa shape index (κ2) is 4.10. The number of rotatable bonds is 2. The third kappa shape index (κ3) is 1.86. The van der Waals surface area contributed by atoms with E-state index >= 15 is 0 Å². The summed E-state index contributed by atoms with van der Waals surface area (Å²) in [6.45, 7) is 1.64. The van der Waals surface area contributed by atoms with Crippen LogP contribution < -0.4 is 5.32 Å². The molecule has 16 heavy (non-hydrogen) atoms. The summed E-state index contributed by atoms with van der Waals surface area (Å²) in [6, 6.07) is 12.7. The summed E-state index contributed by atoms with van der Waals surface area (Å²) in [5, 5.41) is 4.57. The highest BCUT2D eigenvalue weighted by atomic mass is 16.5. The molecule has 82 valence electrons. The van der Waals surface area contributed by atoms with Crippen LogP contribution in [0.5, 0.6) is 0 Å². The average Bonchev–Trinajstić information content (AvgIpc) is 2.82. The first-order chi connectivity index (χ1) is 7.92. The molecule has 1 N–H and O–H groups in total. The summed E-state index contributed by atoms with van der Waals surface area (Å²) in [5.74, 6) is 0.939. The molecule has 0 saturated carbocycles. The minimum Gasteiger partial charge on any atom is -0.379 e. The van der Waals surface area contributed by atoms with Crippen molar-refractivity contribution in [2.45, 2.75) is 12.5 Å². The van der Waals surface area contributed by atoms with Crippen LogP contribution in [0, 0.1) is 0 Å². The number of nitrogens with one attached hydrogen (secondary N) is 1. The molecule has 0 amide bonds. The Balaban J connectivity index is 1.86. The SMILES string of the molecule is c1ccc2nc(NC3CCOC3)ccc2c1. The summed E-state index contributed by atoms with van der Waals surface area (Å²) in [4.78, 5) is 4.57. The minimum absolute atomic E-state index is 0.411. The molecule has 1 aromatic carbocycles. The number of benzene rings is 1. The van der Waals surface area contributed by atoms with Crippen molar-refractivity contribution in [3.63, 3.8) is 0 Å². The van der Waals surface area contributed by atoms with E-state index in [0.717, 1.165) is 31.0 Å². The van der Waals surface area contributed by atoms with E-state index in [-0.39, 0.29) is 0 Å². The van der Waals surface area contributed by atoms with E-state index in [1.54, 1.807) is 0 Å². The Morgan fingerprint density at radius 2 is 2.12 bits per heavy atom. The molecule has 1 fully saturated rings. The summed E-state index contributed by atoms with van der Waals surface area (Å²) in [6.07, 6.45) is 1.06. The van der Waals surface area contributed by atoms with Crippen LogP contribution in [0.4, 0.5) is 5.82 Å². The largest absolute Gasteiger partial charge is 0.379 e. The van der Waals surface area contributed by atoms with Crippen molar-refractivity contribution in [2.24, 2.45) is 0 Å². The van der Waals surface area contributed by atoms with Gasteiger partial charge in [0.15, 0.2) is 0 Å². The fraction of sp³-hybridized carbons (Fsp3) is 0.308. The lowest BCUT2D eigenvalue weighted by atomic mass is 10.2. The fourth-order valence-corrected chi connectivity index (χ4v) is 2.00. The minimum atomic E-state index is 0.411. The molecule has 2 heterocycles. The number of pyridine rings is 1. The van der Waals surface area contributed by atoms with E-state index in [4.69, 9.17) is 4.74 Å². The number of hydrogen-bond donors (Lipinski definition) is 1. The topological polar surface area (TPSA) is 34.2 Å². The molecule has 1 unspecified atom stereocenters. The van der Waals surface area contributed by atoms with Gasteiger partial charge in [-0.2, -0.15) is 0 Å². The molecule has 1 aliphatic rings. The van der Waals surface area contributed by atoms with Crippen LogP contribution in [0.15, 0.2) is 36.4 Å². The van der Waals surface area contributed by atoms with Gasteiger partial charge >= 0.3 is 0 Å². The van der Waals surface area contributed by atoms with Gasteiger partial charge in [-0.25, -0.2) is 4.98 Å². The zero-order valence-electron chi connectivity index (χ0n) is 9.02. The van der Waals surface area contributed by atoms with Gasteiger partial charge in [-0.15, -0.1) is 0 Å². The first-order valence-corrected chi connectivity index (χ1v) is 5.62. The quantitative estimate of drug-likeness (QED) is 0.833. The Bertz CT molecular complexity index is 492. The van der Waals surface area contributed by atoms with Crippen LogP contribution in [0.2, 0.25) is 0 Å². The molecule has 3 rings (SSSR count). The van der Waals surface area contributed by atoms with Crippen LogP contribution in [-0.2, 0) is 4.74 Å². The van der Waals surface area contributed by atoms with Crippen LogP contribution in [0.1, 0.15) is 6.42 Å². The molecule has 0 aliphatic carbocycles. The Labute approximate surface area is 94.5 Å². The van der Waals surface area contributed by atoms with Crippen molar-refractivity contribution in [1.29, 1.82) is 0 Å². The second-order valence-electron chi connectivity index (χ2n) is 4.09. The van der Waals surface area contributed by atoms with Crippen molar-refractivity contribution in [2.75, 3.05) is 18.5 Å². The predicted octanol–water partition coefficient (Wildman–Crippen LogP) is 2.44. The lowest BCUT2D eigenvalue weighted by Gasteiger charge is -2.11. The van der Waals surface area contributed by atoms with Crippen molar-refractivity contribution >= 4 is 16.7 Å². The van der Waals surface area contributed by atoms with E-state index in [9.17, 15) is 0 Å². The third-order valence-electron chi connectivity index (χ3n) is 2.88. The van der Waals surface area contributed by atoms with Crippen molar-refractivity contribution in [3.05, 3.63) is 36.4 Å². The Kier molecular flexibility index (Phi) is 2.46. The van der Waals surface area contributed by atoms with Crippen molar-refractivity contribution in [3.8, 4) is 0 Å². The van der Waals surface area contributed by atoms with Gasteiger partial charge in [-0.3, -0.25) is 0 Å². The molecule has 0 bridgehead atoms. The van der Waals surface area contributed by atoms with Gasteiger partial charge in [0.25, 0.3) is 0 Å².